The molecule has 0 bridgehead atoms. The van der Waals surface area contributed by atoms with Gasteiger partial charge in [-0.05, 0) is 0 Å². The summed E-state index contributed by atoms with van der Waals surface area (Å²) in [5, 5.41) is 34.0. The number of aliphatic carboxylic acids is 1. The maximum absolute atomic E-state index is 12.6. The van der Waals surface area contributed by atoms with Gasteiger partial charge in [0.15, 0.2) is 22.8 Å². The van der Waals surface area contributed by atoms with E-state index in [0.29, 0.717) is 0 Å². The van der Waals surface area contributed by atoms with Crippen molar-refractivity contribution in [1.82, 2.24) is 30.2 Å². The summed E-state index contributed by atoms with van der Waals surface area (Å²) in [5.74, 6) is -2.80. The van der Waals surface area contributed by atoms with Crippen LogP contribution >= 0.6 is 35.2 Å². The SMILES string of the molecule is CC(C)(COP(=O)(O)OP(=O)(O)OC[C@H]1O[C@@H](n2cnc3c(N)ncnc32)[C@H](O)[C@@H]1OP(=O)(O)O)C(O)C(=O)NCCC(=O)NCCSC(=O)CC(=O)O.[LiH].[LiH].[LiH].[LiH]. The minimum absolute atomic E-state index is 0. The normalized spacial score (nSPS) is 20.4. The van der Waals surface area contributed by atoms with Crippen LogP contribution in [0.2, 0.25) is 0 Å². The number of nitrogens with two attached hydrogens (primary N) is 1. The first-order valence-corrected chi connectivity index (χ1v) is 20.7. The Hall–Kier alpha value is -0.580. The molecule has 7 atom stereocenters. The summed E-state index contributed by atoms with van der Waals surface area (Å²) in [6.45, 7) is 0.132. The number of hydrogen-bond acceptors (Lipinski definition) is 19. The number of aliphatic hydroxyl groups is 2. The van der Waals surface area contributed by atoms with Gasteiger partial charge in [-0.25, -0.2) is 28.6 Å². The zero-order chi connectivity index (χ0) is 40.6. The number of amides is 2. The zero-order valence-electron chi connectivity index (χ0n) is 28.1. The van der Waals surface area contributed by atoms with E-state index in [0.717, 1.165) is 29.0 Å². The fraction of sp³-hybridized carbons (Fsp3) is 0.625. The first-order chi connectivity index (χ1) is 24.9. The number of phosphoric ester groups is 3. The molecule has 0 radical (unpaired) electrons. The molecule has 3 unspecified atom stereocenters. The molecule has 0 saturated carbocycles. The summed E-state index contributed by atoms with van der Waals surface area (Å²) in [7, 11) is -16.4. The van der Waals surface area contributed by atoms with Crippen molar-refractivity contribution in [3.8, 4) is 0 Å². The quantitative estimate of drug-likeness (QED) is 0.0245. The van der Waals surface area contributed by atoms with Crippen LogP contribution in [0, 0.1) is 5.41 Å². The number of nitrogens with zero attached hydrogens (tertiary/aromatic N) is 4. The van der Waals surface area contributed by atoms with Crippen LogP contribution in [0.1, 0.15) is 32.9 Å². The van der Waals surface area contributed by atoms with Crippen molar-refractivity contribution in [3.05, 3.63) is 12.7 Å². The topological polar surface area (TPSA) is 401 Å². The molecular formula is C24H42Li4N7O19P3S. The Bertz CT molecular complexity index is 1850. The van der Waals surface area contributed by atoms with E-state index < -0.39 is 102 Å². The summed E-state index contributed by atoms with van der Waals surface area (Å²) in [5.41, 5.74) is 4.19. The Morgan fingerprint density at radius 2 is 1.62 bits per heavy atom. The number of carboxylic acids is 1. The third kappa shape index (κ3) is 18.8. The van der Waals surface area contributed by atoms with Crippen molar-refractivity contribution >= 4 is 151 Å². The molecule has 0 aliphatic carbocycles. The molecule has 0 spiro atoms. The molecule has 3 rings (SSSR count). The van der Waals surface area contributed by atoms with Gasteiger partial charge in [-0.2, -0.15) is 4.31 Å². The first-order valence-electron chi connectivity index (χ1n) is 15.2. The number of rotatable bonds is 21. The number of anilines is 1. The summed E-state index contributed by atoms with van der Waals surface area (Å²) in [6.07, 6.45) is -7.78. The van der Waals surface area contributed by atoms with Gasteiger partial charge in [0.05, 0.1) is 19.5 Å². The second-order valence-electron chi connectivity index (χ2n) is 11.9. The molecule has 26 nitrogen and oxygen atoms in total. The molecule has 1 fully saturated rings. The molecule has 312 valence electrons. The number of ether oxygens (including phenoxy) is 1. The number of aliphatic hydroxyl groups excluding tert-OH is 2. The number of carbonyl (C=O) groups is 4. The summed E-state index contributed by atoms with van der Waals surface area (Å²) in [6, 6.07) is 0. The first kappa shape index (κ1) is 59.5. The van der Waals surface area contributed by atoms with Crippen LogP contribution in [0.15, 0.2) is 12.7 Å². The van der Waals surface area contributed by atoms with E-state index in [1.165, 1.54) is 13.8 Å². The van der Waals surface area contributed by atoms with E-state index in [1.807, 2.05) is 0 Å². The van der Waals surface area contributed by atoms with Crippen molar-refractivity contribution in [1.29, 1.82) is 0 Å². The number of aromatic nitrogens is 4. The number of thioether (sulfide) groups is 1. The maximum atomic E-state index is 12.6. The van der Waals surface area contributed by atoms with Gasteiger partial charge >= 0.3 is 105 Å². The number of fused-ring (bicyclic) bond motifs is 1. The van der Waals surface area contributed by atoms with Crippen molar-refractivity contribution in [3.63, 3.8) is 0 Å². The number of carbonyl (C=O) groups excluding carboxylic acids is 3. The van der Waals surface area contributed by atoms with Crippen LogP contribution in [0.25, 0.3) is 11.2 Å². The third-order valence-corrected chi connectivity index (χ3v) is 11.0. The van der Waals surface area contributed by atoms with Crippen LogP contribution in [0.3, 0.4) is 0 Å². The molecule has 34 heteroatoms. The third-order valence-electron chi connectivity index (χ3n) is 7.06. The Morgan fingerprint density at radius 1 is 1.00 bits per heavy atom. The Labute approximate surface area is 381 Å². The number of imidazole rings is 1. The molecule has 3 heterocycles. The van der Waals surface area contributed by atoms with Gasteiger partial charge in [-0.15, -0.1) is 0 Å². The average molecular weight is 885 g/mol. The second-order valence-corrected chi connectivity index (χ2v) is 17.2. The average Bonchev–Trinajstić information content (AvgIpc) is 3.60. The molecule has 2 aromatic rings. The molecule has 1 aliphatic heterocycles. The van der Waals surface area contributed by atoms with E-state index in [1.54, 1.807) is 0 Å². The van der Waals surface area contributed by atoms with Gasteiger partial charge < -0.3 is 56.0 Å². The molecule has 1 aliphatic rings. The summed E-state index contributed by atoms with van der Waals surface area (Å²) < 4.78 is 61.8. The van der Waals surface area contributed by atoms with E-state index in [9.17, 15) is 62.7 Å². The predicted molar refractivity (Wildman–Crippen MR) is 208 cm³/mol. The van der Waals surface area contributed by atoms with Gasteiger partial charge in [0.2, 0.25) is 11.8 Å². The Kier molecular flexibility index (Phi) is 26.2. The molecular weight excluding hydrogens is 843 g/mol. The fourth-order valence-corrected chi connectivity index (χ4v) is 7.96. The molecule has 58 heavy (non-hydrogen) atoms. The monoisotopic (exact) mass is 885 g/mol. The number of hydrogen-bond donors (Lipinski definition) is 10. The van der Waals surface area contributed by atoms with Gasteiger partial charge in [0, 0.05) is 30.7 Å². The number of carboxylic acid groups (broad SMARTS) is 1. The van der Waals surface area contributed by atoms with Gasteiger partial charge in [0.25, 0.3) is 0 Å². The molecule has 0 aromatic carbocycles. The summed E-state index contributed by atoms with van der Waals surface area (Å²) in [4.78, 5) is 97.0. The minimum atomic E-state index is -5.59. The standard InChI is InChI=1S/C24H38N7O19P3S.4Li.4H/c1-24(2,19(37)22(38)27-4-3-13(32)26-5-6-54-15(35)7-14(33)34)9-47-53(44,45)50-52(42,43)46-8-12-18(49-51(39,40)41)17(36)23(48-12)31-11-30-16-20(25)28-10-29-21(16)31;;;;;;;;/h10-12,17-19,23,36-37H,3-9H2,1-2H3,(H,26,32)(H,27,38)(H,33,34)(H,42,43)(H,44,45)(H2,25,28,29)(H2,39,40,41);;;;;;;;/t12-,17-,18-,19?,23-;;;;;;;;/m1......../s1. The van der Waals surface area contributed by atoms with E-state index in [2.05, 4.69) is 34.4 Å². The van der Waals surface area contributed by atoms with E-state index in [-0.39, 0.29) is 118 Å². The number of phosphoric acid groups is 3. The van der Waals surface area contributed by atoms with Gasteiger partial charge in [0.1, 0.15) is 42.7 Å². The Balaban J connectivity index is 0. The van der Waals surface area contributed by atoms with Crippen molar-refractivity contribution in [2.24, 2.45) is 5.41 Å². The van der Waals surface area contributed by atoms with Crippen molar-refractivity contribution in [2.75, 3.05) is 37.8 Å². The van der Waals surface area contributed by atoms with Crippen LogP contribution < -0.4 is 16.4 Å². The summed E-state index contributed by atoms with van der Waals surface area (Å²) >= 11 is 0.718. The number of nitrogen functional groups attached to an aromatic ring is 1. The fourth-order valence-electron chi connectivity index (χ4n) is 4.47. The molecule has 2 amide bonds. The van der Waals surface area contributed by atoms with E-state index >= 15 is 0 Å². The van der Waals surface area contributed by atoms with Crippen LogP contribution in [-0.2, 0) is 55.5 Å². The van der Waals surface area contributed by atoms with Gasteiger partial charge in [-0.3, -0.25) is 37.3 Å². The molecule has 11 N–H and O–H groups in total. The number of nitrogens with one attached hydrogen (secondary N) is 2. The molecule has 1 saturated heterocycles. The van der Waals surface area contributed by atoms with Crippen molar-refractivity contribution in [2.45, 2.75) is 57.3 Å². The van der Waals surface area contributed by atoms with E-state index in [4.69, 9.17) is 24.6 Å². The second kappa shape index (κ2) is 25.5. The van der Waals surface area contributed by atoms with Crippen LogP contribution in [0.4, 0.5) is 5.82 Å². The zero-order valence-corrected chi connectivity index (χ0v) is 31.6. The molecule has 2 aromatic heterocycles. The van der Waals surface area contributed by atoms with Crippen molar-refractivity contribution < 1.29 is 90.4 Å². The van der Waals surface area contributed by atoms with Crippen LogP contribution in [-0.4, -0.2) is 209 Å². The van der Waals surface area contributed by atoms with Gasteiger partial charge in [-0.1, -0.05) is 25.6 Å². The predicted octanol–water partition coefficient (Wildman–Crippen LogP) is -4.45. The Morgan fingerprint density at radius 3 is 2.22 bits per heavy atom. The van der Waals surface area contributed by atoms with Crippen LogP contribution in [0.5, 0.6) is 0 Å².